The Balaban J connectivity index is 1.24. The van der Waals surface area contributed by atoms with Crippen molar-refractivity contribution in [2.75, 3.05) is 32.2 Å². The lowest BCUT2D eigenvalue weighted by Crippen LogP contribution is -2.45. The number of nitrogens with zero attached hydrogens (tertiary/aromatic N) is 4. The van der Waals surface area contributed by atoms with E-state index in [1.807, 2.05) is 12.1 Å². The van der Waals surface area contributed by atoms with E-state index in [9.17, 15) is 9.18 Å². The lowest BCUT2D eigenvalue weighted by Gasteiger charge is -2.33. The molecule has 2 aromatic heterocycles. The van der Waals surface area contributed by atoms with Crippen LogP contribution in [0.2, 0.25) is 0 Å². The fourth-order valence-corrected chi connectivity index (χ4v) is 4.53. The van der Waals surface area contributed by atoms with E-state index < -0.39 is 0 Å². The molecule has 1 aliphatic rings. The van der Waals surface area contributed by atoms with Crippen LogP contribution in [-0.4, -0.2) is 54.2 Å². The summed E-state index contributed by atoms with van der Waals surface area (Å²) in [6.45, 7) is 1.48. The molecule has 9 heteroatoms. The van der Waals surface area contributed by atoms with Crippen LogP contribution in [0.1, 0.15) is 23.2 Å². The van der Waals surface area contributed by atoms with E-state index in [1.165, 1.54) is 24.7 Å². The number of carbonyl (C=O) groups is 1. The first kappa shape index (κ1) is 23.5. The predicted octanol–water partition coefficient (Wildman–Crippen LogP) is 4.25. The second-order valence-electron chi connectivity index (χ2n) is 8.57. The number of halogens is 1. The molecule has 0 unspecified atom stereocenters. The SMILES string of the molecule is COc1ccc2c(N3CCC(NC(=O)c4ccc(-c5cccc(F)c5)nc4)CC3)ncnc2c1OC. The Morgan fingerprint density at radius 3 is 2.56 bits per heavy atom. The Kier molecular flexibility index (Phi) is 6.62. The third-order valence-corrected chi connectivity index (χ3v) is 6.40. The first-order valence-corrected chi connectivity index (χ1v) is 11.7. The van der Waals surface area contributed by atoms with Crippen LogP contribution < -0.4 is 19.7 Å². The molecule has 5 rings (SSSR count). The Morgan fingerprint density at radius 1 is 1.03 bits per heavy atom. The molecule has 1 fully saturated rings. The van der Waals surface area contributed by atoms with E-state index in [0.717, 1.165) is 37.1 Å². The third-order valence-electron chi connectivity index (χ3n) is 6.40. The van der Waals surface area contributed by atoms with Crippen LogP contribution in [-0.2, 0) is 0 Å². The van der Waals surface area contributed by atoms with Gasteiger partial charge in [-0.1, -0.05) is 12.1 Å². The number of aromatic nitrogens is 3. The Morgan fingerprint density at radius 2 is 1.86 bits per heavy atom. The molecule has 0 radical (unpaired) electrons. The summed E-state index contributed by atoms with van der Waals surface area (Å²) < 4.78 is 24.4. The maximum Gasteiger partial charge on any atom is 0.253 e. The monoisotopic (exact) mass is 487 g/mol. The van der Waals surface area contributed by atoms with Gasteiger partial charge in [-0.05, 0) is 49.2 Å². The fraction of sp³-hybridized carbons (Fsp3) is 0.259. The largest absolute Gasteiger partial charge is 0.493 e. The summed E-state index contributed by atoms with van der Waals surface area (Å²) in [5, 5.41) is 4.00. The van der Waals surface area contributed by atoms with E-state index in [1.54, 1.807) is 38.5 Å². The minimum atomic E-state index is -0.323. The van der Waals surface area contributed by atoms with E-state index in [0.29, 0.717) is 33.8 Å². The maximum absolute atomic E-state index is 13.5. The number of benzene rings is 2. The molecule has 0 aliphatic carbocycles. The number of pyridine rings is 1. The van der Waals surface area contributed by atoms with Gasteiger partial charge < -0.3 is 19.7 Å². The maximum atomic E-state index is 13.5. The van der Waals surface area contributed by atoms with Gasteiger partial charge in [0.1, 0.15) is 23.5 Å². The summed E-state index contributed by atoms with van der Waals surface area (Å²) in [7, 11) is 3.19. The lowest BCUT2D eigenvalue weighted by atomic mass is 10.0. The van der Waals surface area contributed by atoms with Gasteiger partial charge >= 0.3 is 0 Å². The summed E-state index contributed by atoms with van der Waals surface area (Å²) in [6, 6.07) is 13.5. The summed E-state index contributed by atoms with van der Waals surface area (Å²) >= 11 is 0. The molecule has 0 saturated carbocycles. The number of hydrogen-bond acceptors (Lipinski definition) is 7. The molecule has 184 valence electrons. The first-order chi connectivity index (χ1) is 17.6. The molecule has 0 spiro atoms. The molecule has 4 aromatic rings. The van der Waals surface area contributed by atoms with Crippen LogP contribution in [0.3, 0.4) is 0 Å². The number of methoxy groups -OCH3 is 2. The van der Waals surface area contributed by atoms with Gasteiger partial charge in [-0.25, -0.2) is 14.4 Å². The summed E-state index contributed by atoms with van der Waals surface area (Å²) in [6.07, 6.45) is 4.62. The molecule has 1 aliphatic heterocycles. The van der Waals surface area contributed by atoms with Crippen molar-refractivity contribution < 1.29 is 18.7 Å². The van der Waals surface area contributed by atoms with Crippen molar-refractivity contribution in [3.63, 3.8) is 0 Å². The molecular weight excluding hydrogens is 461 g/mol. The van der Waals surface area contributed by atoms with Gasteiger partial charge in [0.05, 0.1) is 25.5 Å². The molecule has 0 bridgehead atoms. The normalized spacial score (nSPS) is 14.0. The average Bonchev–Trinajstić information content (AvgIpc) is 2.92. The highest BCUT2D eigenvalue weighted by molar-refractivity contribution is 5.95. The van der Waals surface area contributed by atoms with Gasteiger partial charge in [-0.3, -0.25) is 9.78 Å². The van der Waals surface area contributed by atoms with Gasteiger partial charge in [0, 0.05) is 36.3 Å². The van der Waals surface area contributed by atoms with Crippen LogP contribution in [0.15, 0.2) is 61.1 Å². The number of piperidine rings is 1. The van der Waals surface area contributed by atoms with Crippen molar-refractivity contribution in [1.82, 2.24) is 20.3 Å². The van der Waals surface area contributed by atoms with Crippen LogP contribution in [0, 0.1) is 5.82 Å². The van der Waals surface area contributed by atoms with Crippen molar-refractivity contribution in [2.45, 2.75) is 18.9 Å². The molecule has 1 saturated heterocycles. The predicted molar refractivity (Wildman–Crippen MR) is 135 cm³/mol. The molecule has 1 N–H and O–H groups in total. The minimum absolute atomic E-state index is 0.0411. The highest BCUT2D eigenvalue weighted by atomic mass is 19.1. The number of anilines is 1. The van der Waals surface area contributed by atoms with Gasteiger partial charge in [-0.15, -0.1) is 0 Å². The number of fused-ring (bicyclic) bond motifs is 1. The molecule has 2 aromatic carbocycles. The Bertz CT molecular complexity index is 1390. The molecular formula is C27H26FN5O3. The molecule has 1 amide bonds. The zero-order valence-electron chi connectivity index (χ0n) is 20.1. The number of hydrogen-bond donors (Lipinski definition) is 1. The highest BCUT2D eigenvalue weighted by Crippen LogP contribution is 2.37. The summed E-state index contributed by atoms with van der Waals surface area (Å²) in [5.41, 5.74) is 2.46. The van der Waals surface area contributed by atoms with Crippen LogP contribution in [0.25, 0.3) is 22.2 Å². The first-order valence-electron chi connectivity index (χ1n) is 11.7. The zero-order chi connectivity index (χ0) is 25.1. The van der Waals surface area contributed by atoms with Gasteiger partial charge in [0.2, 0.25) is 0 Å². The number of carbonyl (C=O) groups excluding carboxylic acids is 1. The quantitative estimate of drug-likeness (QED) is 0.435. The summed E-state index contributed by atoms with van der Waals surface area (Å²) in [4.78, 5) is 28.3. The van der Waals surface area contributed by atoms with Gasteiger partial charge in [-0.2, -0.15) is 0 Å². The average molecular weight is 488 g/mol. The van der Waals surface area contributed by atoms with Gasteiger partial charge in [0.15, 0.2) is 11.5 Å². The minimum Gasteiger partial charge on any atom is -0.493 e. The molecule has 0 atom stereocenters. The number of ether oxygens (including phenoxy) is 2. The second kappa shape index (κ2) is 10.2. The molecule has 36 heavy (non-hydrogen) atoms. The van der Waals surface area contributed by atoms with Crippen LogP contribution >= 0.6 is 0 Å². The summed E-state index contributed by atoms with van der Waals surface area (Å²) in [5.74, 6) is 1.54. The Labute approximate surface area is 208 Å². The van der Waals surface area contributed by atoms with Crippen LogP contribution in [0.4, 0.5) is 10.2 Å². The fourth-order valence-electron chi connectivity index (χ4n) is 4.53. The van der Waals surface area contributed by atoms with E-state index in [4.69, 9.17) is 9.47 Å². The zero-order valence-corrected chi connectivity index (χ0v) is 20.1. The standard InChI is InChI=1S/C27H26FN5O3/c1-35-23-9-7-21-24(25(23)36-2)30-16-31-26(21)33-12-10-20(11-13-33)32-27(34)18-6-8-22(29-15-18)17-4-3-5-19(28)14-17/h3-9,14-16,20H,10-13H2,1-2H3,(H,32,34). The number of nitrogens with one attached hydrogen (secondary N) is 1. The van der Waals surface area contributed by atoms with E-state index in [-0.39, 0.29) is 17.8 Å². The number of rotatable bonds is 6. The smallest absolute Gasteiger partial charge is 0.253 e. The topological polar surface area (TPSA) is 89.5 Å². The highest BCUT2D eigenvalue weighted by Gasteiger charge is 2.24. The van der Waals surface area contributed by atoms with E-state index >= 15 is 0 Å². The van der Waals surface area contributed by atoms with Crippen LogP contribution in [0.5, 0.6) is 11.5 Å². The van der Waals surface area contributed by atoms with Gasteiger partial charge in [0.25, 0.3) is 5.91 Å². The van der Waals surface area contributed by atoms with Crippen molar-refractivity contribution >= 4 is 22.6 Å². The molecule has 3 heterocycles. The van der Waals surface area contributed by atoms with Crippen molar-refractivity contribution in [2.24, 2.45) is 0 Å². The molecule has 8 nitrogen and oxygen atoms in total. The van der Waals surface area contributed by atoms with Crippen molar-refractivity contribution in [3.8, 4) is 22.8 Å². The second-order valence-corrected chi connectivity index (χ2v) is 8.57. The third kappa shape index (κ3) is 4.64. The lowest BCUT2D eigenvalue weighted by molar-refractivity contribution is 0.0930. The van der Waals surface area contributed by atoms with Crippen molar-refractivity contribution in [3.05, 3.63) is 72.4 Å². The number of amides is 1. The van der Waals surface area contributed by atoms with Crippen molar-refractivity contribution in [1.29, 1.82) is 0 Å². The Hall–Kier alpha value is -4.27. The van der Waals surface area contributed by atoms with E-state index in [2.05, 4.69) is 25.2 Å².